The van der Waals surface area contributed by atoms with Gasteiger partial charge in [-0.3, -0.25) is 0 Å². The maximum atomic E-state index is 9.61. The summed E-state index contributed by atoms with van der Waals surface area (Å²) in [6, 6.07) is 25.8. The third-order valence-electron chi connectivity index (χ3n) is 4.98. The molecule has 128 valence electrons. The zero-order valence-electron chi connectivity index (χ0n) is 14.1. The fourth-order valence-electron chi connectivity index (χ4n) is 3.70. The molecule has 2 aliphatic heterocycles. The van der Waals surface area contributed by atoms with Crippen molar-refractivity contribution in [1.82, 2.24) is 5.01 Å². The summed E-state index contributed by atoms with van der Waals surface area (Å²) in [4.78, 5) is 0. The van der Waals surface area contributed by atoms with Crippen LogP contribution in [0.5, 0.6) is 11.5 Å². The minimum atomic E-state index is -0.309. The van der Waals surface area contributed by atoms with E-state index < -0.39 is 0 Å². The maximum Gasteiger partial charge on any atom is 0.213 e. The van der Waals surface area contributed by atoms with E-state index in [4.69, 9.17) is 9.84 Å². The Balaban J connectivity index is 1.60. The molecule has 4 nitrogen and oxygen atoms in total. The topological polar surface area (TPSA) is 45.1 Å². The van der Waals surface area contributed by atoms with Crippen LogP contribution in [0.1, 0.15) is 35.4 Å². The van der Waals surface area contributed by atoms with E-state index in [-0.39, 0.29) is 18.0 Å². The van der Waals surface area contributed by atoms with Crippen LogP contribution in [-0.4, -0.2) is 15.8 Å². The summed E-state index contributed by atoms with van der Waals surface area (Å²) in [6.07, 6.45) is 0.538. The Morgan fingerprint density at radius 2 is 1.62 bits per heavy atom. The lowest BCUT2D eigenvalue weighted by molar-refractivity contribution is -0.0190. The van der Waals surface area contributed by atoms with Crippen molar-refractivity contribution in [3.8, 4) is 11.5 Å². The Kier molecular flexibility index (Phi) is 3.42. The number of para-hydroxylation sites is 1. The van der Waals surface area contributed by atoms with Crippen molar-refractivity contribution in [1.29, 1.82) is 0 Å². The molecule has 0 aromatic heterocycles. The van der Waals surface area contributed by atoms with E-state index in [1.807, 2.05) is 48.5 Å². The second kappa shape index (κ2) is 5.92. The standard InChI is InChI=1S/C22H18N2O2/c25-17-12-10-16(11-13-17)22-24-20(18-8-4-5-9-21(18)26-22)14-19(23-24)15-6-2-1-3-7-15/h1-13,20,22,25H,14H2/t20-,22-/m0/s1. The van der Waals surface area contributed by atoms with Crippen molar-refractivity contribution in [2.24, 2.45) is 5.10 Å². The highest BCUT2D eigenvalue weighted by molar-refractivity contribution is 6.01. The summed E-state index contributed by atoms with van der Waals surface area (Å²) in [7, 11) is 0. The molecular weight excluding hydrogens is 324 g/mol. The highest BCUT2D eigenvalue weighted by Gasteiger charge is 2.40. The van der Waals surface area contributed by atoms with Gasteiger partial charge in [-0.2, -0.15) is 5.10 Å². The highest BCUT2D eigenvalue weighted by Crippen LogP contribution is 2.47. The van der Waals surface area contributed by atoms with E-state index in [1.54, 1.807) is 12.1 Å². The Hall–Kier alpha value is -3.27. The molecule has 4 heteroatoms. The Labute approximate surface area is 152 Å². The number of phenolic OH excluding ortho intramolecular Hbond substituents is 1. The largest absolute Gasteiger partial charge is 0.508 e. The minimum absolute atomic E-state index is 0.147. The van der Waals surface area contributed by atoms with Gasteiger partial charge in [0.2, 0.25) is 6.23 Å². The molecule has 0 fully saturated rings. The lowest BCUT2D eigenvalue weighted by atomic mass is 9.96. The van der Waals surface area contributed by atoms with Crippen molar-refractivity contribution in [2.75, 3.05) is 0 Å². The van der Waals surface area contributed by atoms with Gasteiger partial charge < -0.3 is 9.84 Å². The Morgan fingerprint density at radius 3 is 2.42 bits per heavy atom. The number of hydrogen-bond acceptors (Lipinski definition) is 4. The lowest BCUT2D eigenvalue weighted by Crippen LogP contribution is -2.33. The van der Waals surface area contributed by atoms with Crippen molar-refractivity contribution >= 4 is 5.71 Å². The number of phenols is 1. The van der Waals surface area contributed by atoms with Gasteiger partial charge in [0.25, 0.3) is 0 Å². The lowest BCUT2D eigenvalue weighted by Gasteiger charge is -2.38. The van der Waals surface area contributed by atoms with E-state index >= 15 is 0 Å². The first-order valence-corrected chi connectivity index (χ1v) is 8.75. The summed E-state index contributed by atoms with van der Waals surface area (Å²) in [6.45, 7) is 0. The average molecular weight is 342 g/mol. The van der Waals surface area contributed by atoms with Gasteiger partial charge >= 0.3 is 0 Å². The van der Waals surface area contributed by atoms with Gasteiger partial charge in [-0.1, -0.05) is 48.5 Å². The predicted molar refractivity (Wildman–Crippen MR) is 100 cm³/mol. The molecule has 0 spiro atoms. The first-order valence-electron chi connectivity index (χ1n) is 8.75. The van der Waals surface area contributed by atoms with Crippen LogP contribution in [0.2, 0.25) is 0 Å². The molecular formula is C22H18N2O2. The minimum Gasteiger partial charge on any atom is -0.508 e. The summed E-state index contributed by atoms with van der Waals surface area (Å²) in [5.41, 5.74) is 4.35. The van der Waals surface area contributed by atoms with E-state index in [0.29, 0.717) is 0 Å². The first-order chi connectivity index (χ1) is 12.8. The third kappa shape index (κ3) is 2.42. The molecule has 3 aromatic carbocycles. The number of nitrogens with zero attached hydrogens (tertiary/aromatic N) is 2. The molecule has 0 bridgehead atoms. The third-order valence-corrected chi connectivity index (χ3v) is 4.98. The van der Waals surface area contributed by atoms with Gasteiger partial charge in [0.15, 0.2) is 0 Å². The first kappa shape index (κ1) is 15.0. The van der Waals surface area contributed by atoms with Crippen LogP contribution in [0.15, 0.2) is 84.0 Å². The molecule has 0 radical (unpaired) electrons. The molecule has 2 aliphatic rings. The fraction of sp³-hybridized carbons (Fsp3) is 0.136. The van der Waals surface area contributed by atoms with Crippen LogP contribution in [-0.2, 0) is 0 Å². The van der Waals surface area contributed by atoms with Crippen molar-refractivity contribution in [3.05, 3.63) is 95.6 Å². The molecule has 0 aliphatic carbocycles. The molecule has 2 atom stereocenters. The number of benzene rings is 3. The monoisotopic (exact) mass is 342 g/mol. The highest BCUT2D eigenvalue weighted by atomic mass is 16.5. The second-order valence-corrected chi connectivity index (χ2v) is 6.61. The van der Waals surface area contributed by atoms with Crippen LogP contribution in [0.25, 0.3) is 0 Å². The number of hydrazone groups is 1. The summed E-state index contributed by atoms with van der Waals surface area (Å²) in [5.74, 6) is 1.15. The Bertz CT molecular complexity index is 967. The predicted octanol–water partition coefficient (Wildman–Crippen LogP) is 4.63. The summed E-state index contributed by atoms with van der Waals surface area (Å²) in [5, 5.41) is 16.6. The SMILES string of the molecule is Oc1ccc([C@@H]2Oc3ccccc3[C@@H]3CC(c4ccccc4)=NN32)cc1. The van der Waals surface area contributed by atoms with E-state index in [1.165, 1.54) is 0 Å². The van der Waals surface area contributed by atoms with E-state index in [9.17, 15) is 5.11 Å². The summed E-state index contributed by atoms with van der Waals surface area (Å²) >= 11 is 0. The molecule has 0 saturated carbocycles. The van der Waals surface area contributed by atoms with Crippen molar-refractivity contribution in [2.45, 2.75) is 18.7 Å². The number of aromatic hydroxyl groups is 1. The van der Waals surface area contributed by atoms with Gasteiger partial charge in [0, 0.05) is 17.5 Å². The molecule has 5 rings (SSSR count). The molecule has 0 amide bonds. The van der Waals surface area contributed by atoms with Gasteiger partial charge in [0.1, 0.15) is 11.5 Å². The van der Waals surface area contributed by atoms with Crippen molar-refractivity contribution in [3.63, 3.8) is 0 Å². The maximum absolute atomic E-state index is 9.61. The van der Waals surface area contributed by atoms with Gasteiger partial charge in [0.05, 0.1) is 11.8 Å². The molecule has 1 N–H and O–H groups in total. The fourth-order valence-corrected chi connectivity index (χ4v) is 3.70. The zero-order chi connectivity index (χ0) is 17.5. The van der Waals surface area contributed by atoms with Gasteiger partial charge in [-0.25, -0.2) is 5.01 Å². The average Bonchev–Trinajstić information content (AvgIpc) is 3.14. The molecule has 0 unspecified atom stereocenters. The molecule has 2 heterocycles. The van der Waals surface area contributed by atoms with Gasteiger partial charge in [-0.05, 0) is 35.9 Å². The normalized spacial score (nSPS) is 20.8. The van der Waals surface area contributed by atoms with E-state index in [0.717, 1.165) is 34.6 Å². The quantitative estimate of drug-likeness (QED) is 0.738. The van der Waals surface area contributed by atoms with E-state index in [2.05, 4.69) is 23.2 Å². The molecule has 0 saturated heterocycles. The number of hydrogen-bond donors (Lipinski definition) is 1. The molecule has 3 aromatic rings. The number of fused-ring (bicyclic) bond motifs is 3. The van der Waals surface area contributed by atoms with Crippen LogP contribution in [0.3, 0.4) is 0 Å². The second-order valence-electron chi connectivity index (χ2n) is 6.61. The van der Waals surface area contributed by atoms with Crippen LogP contribution >= 0.6 is 0 Å². The van der Waals surface area contributed by atoms with Crippen LogP contribution in [0, 0.1) is 0 Å². The van der Waals surface area contributed by atoms with Crippen LogP contribution in [0.4, 0.5) is 0 Å². The number of rotatable bonds is 2. The molecule has 26 heavy (non-hydrogen) atoms. The summed E-state index contributed by atoms with van der Waals surface area (Å²) < 4.78 is 6.29. The van der Waals surface area contributed by atoms with Crippen molar-refractivity contribution < 1.29 is 9.84 Å². The number of ether oxygens (including phenoxy) is 1. The smallest absolute Gasteiger partial charge is 0.213 e. The zero-order valence-corrected chi connectivity index (χ0v) is 14.1. The Morgan fingerprint density at radius 1 is 0.885 bits per heavy atom. The van der Waals surface area contributed by atoms with Gasteiger partial charge in [-0.15, -0.1) is 0 Å². The van der Waals surface area contributed by atoms with Crippen LogP contribution < -0.4 is 4.74 Å².